The fraction of sp³-hybridized carbons (Fsp3) is 0.600. The summed E-state index contributed by atoms with van der Waals surface area (Å²) in [5.74, 6) is -0.156. The molecule has 5 heteroatoms. The van der Waals surface area contributed by atoms with Crippen LogP contribution in [0, 0.1) is 5.82 Å². The molecule has 1 aromatic carbocycles. The van der Waals surface area contributed by atoms with E-state index in [2.05, 4.69) is 33.2 Å². The van der Waals surface area contributed by atoms with Gasteiger partial charge in [0.2, 0.25) is 0 Å². The molecular weight excluding hydrogens is 343 g/mol. The molecule has 0 aliphatic carbocycles. The standard InChI is InChI=1S/C15H20BrFN2.ClH/c1-19(9-10-6-11(17)2-5-15(10)16)14-7-12-3-4-13(8-14)18-12;/h2,5-6,12-14,18H,3-4,7-9H2,1H3;1H. The van der Waals surface area contributed by atoms with Crippen molar-refractivity contribution in [1.29, 1.82) is 0 Å². The van der Waals surface area contributed by atoms with E-state index in [1.807, 2.05) is 0 Å². The fourth-order valence-corrected chi connectivity index (χ4v) is 3.82. The van der Waals surface area contributed by atoms with E-state index >= 15 is 0 Å². The molecule has 1 aromatic rings. The van der Waals surface area contributed by atoms with E-state index in [0.717, 1.165) is 16.6 Å². The number of halogens is 3. The lowest BCUT2D eigenvalue weighted by atomic mass is 9.98. The molecule has 0 spiro atoms. The van der Waals surface area contributed by atoms with Crippen molar-refractivity contribution in [3.8, 4) is 0 Å². The maximum atomic E-state index is 13.3. The van der Waals surface area contributed by atoms with Crippen molar-refractivity contribution in [3.05, 3.63) is 34.1 Å². The third-order valence-corrected chi connectivity index (χ3v) is 5.27. The second-order valence-electron chi connectivity index (χ2n) is 5.91. The predicted molar refractivity (Wildman–Crippen MR) is 85.8 cm³/mol. The van der Waals surface area contributed by atoms with Gasteiger partial charge in [0.15, 0.2) is 0 Å². The van der Waals surface area contributed by atoms with Gasteiger partial charge < -0.3 is 5.32 Å². The lowest BCUT2D eigenvalue weighted by Gasteiger charge is -2.35. The van der Waals surface area contributed by atoms with Gasteiger partial charge in [-0.3, -0.25) is 4.90 Å². The summed E-state index contributed by atoms with van der Waals surface area (Å²) in [5, 5.41) is 3.66. The Bertz CT molecular complexity index is 459. The zero-order valence-corrected chi connectivity index (χ0v) is 14.0. The highest BCUT2D eigenvalue weighted by atomic mass is 79.9. The van der Waals surface area contributed by atoms with Gasteiger partial charge in [-0.1, -0.05) is 15.9 Å². The van der Waals surface area contributed by atoms with Crippen LogP contribution in [0.4, 0.5) is 4.39 Å². The Kier molecular flexibility index (Phi) is 5.46. The second kappa shape index (κ2) is 6.73. The molecule has 0 radical (unpaired) electrons. The van der Waals surface area contributed by atoms with Crippen molar-refractivity contribution in [2.45, 2.75) is 50.4 Å². The van der Waals surface area contributed by atoms with Crippen LogP contribution >= 0.6 is 28.3 Å². The van der Waals surface area contributed by atoms with Crippen LogP contribution in [0.15, 0.2) is 22.7 Å². The smallest absolute Gasteiger partial charge is 0.123 e. The van der Waals surface area contributed by atoms with E-state index in [9.17, 15) is 4.39 Å². The van der Waals surface area contributed by atoms with Gasteiger partial charge in [-0.25, -0.2) is 4.39 Å². The van der Waals surface area contributed by atoms with Gasteiger partial charge in [-0.15, -0.1) is 12.4 Å². The van der Waals surface area contributed by atoms with E-state index in [0.29, 0.717) is 18.1 Å². The minimum atomic E-state index is -0.156. The monoisotopic (exact) mass is 362 g/mol. The van der Waals surface area contributed by atoms with Crippen molar-refractivity contribution < 1.29 is 4.39 Å². The van der Waals surface area contributed by atoms with Crippen LogP contribution in [0.3, 0.4) is 0 Å². The van der Waals surface area contributed by atoms with Gasteiger partial charge >= 0.3 is 0 Å². The van der Waals surface area contributed by atoms with Crippen molar-refractivity contribution in [1.82, 2.24) is 10.2 Å². The molecule has 2 heterocycles. The summed E-state index contributed by atoms with van der Waals surface area (Å²) in [6.07, 6.45) is 5.08. The minimum absolute atomic E-state index is 0. The van der Waals surface area contributed by atoms with E-state index in [1.165, 1.54) is 31.7 Å². The molecule has 2 unspecified atom stereocenters. The molecule has 112 valence electrons. The zero-order chi connectivity index (χ0) is 13.4. The first-order chi connectivity index (χ1) is 9.11. The van der Waals surface area contributed by atoms with Gasteiger partial charge in [0, 0.05) is 29.1 Å². The lowest BCUT2D eigenvalue weighted by Crippen LogP contribution is -2.46. The highest BCUT2D eigenvalue weighted by molar-refractivity contribution is 9.10. The van der Waals surface area contributed by atoms with Crippen LogP contribution < -0.4 is 5.32 Å². The van der Waals surface area contributed by atoms with Gasteiger partial charge in [-0.2, -0.15) is 0 Å². The SMILES string of the molecule is CN(Cc1cc(F)ccc1Br)C1CC2CCC(C1)N2.Cl. The maximum absolute atomic E-state index is 13.3. The van der Waals surface area contributed by atoms with Crippen molar-refractivity contribution >= 4 is 28.3 Å². The molecule has 0 aromatic heterocycles. The Morgan fingerprint density at radius 3 is 2.60 bits per heavy atom. The molecule has 2 bridgehead atoms. The molecule has 2 aliphatic rings. The molecular formula is C15H21BrClFN2. The summed E-state index contributed by atoms with van der Waals surface area (Å²) in [6.45, 7) is 0.808. The summed E-state index contributed by atoms with van der Waals surface area (Å²) in [7, 11) is 2.16. The van der Waals surface area contributed by atoms with E-state index in [1.54, 1.807) is 12.1 Å². The Hall–Kier alpha value is -0.160. The number of nitrogens with zero attached hydrogens (tertiary/aromatic N) is 1. The third kappa shape index (κ3) is 3.53. The van der Waals surface area contributed by atoms with E-state index in [-0.39, 0.29) is 18.2 Å². The number of benzene rings is 1. The first kappa shape index (κ1) is 16.2. The molecule has 2 saturated heterocycles. The van der Waals surface area contributed by atoms with Crippen molar-refractivity contribution in [3.63, 3.8) is 0 Å². The van der Waals surface area contributed by atoms with Crippen molar-refractivity contribution in [2.75, 3.05) is 7.05 Å². The predicted octanol–water partition coefficient (Wildman–Crippen LogP) is 3.72. The average Bonchev–Trinajstić information content (AvgIpc) is 2.72. The number of hydrogen-bond acceptors (Lipinski definition) is 2. The van der Waals surface area contributed by atoms with Gasteiger partial charge in [-0.05, 0) is 56.5 Å². The zero-order valence-electron chi connectivity index (χ0n) is 11.6. The number of fused-ring (bicyclic) bond motifs is 2. The summed E-state index contributed by atoms with van der Waals surface area (Å²) in [4.78, 5) is 2.38. The summed E-state index contributed by atoms with van der Waals surface area (Å²) < 4.78 is 14.3. The summed E-state index contributed by atoms with van der Waals surface area (Å²) in [5.41, 5.74) is 1.04. The van der Waals surface area contributed by atoms with Crippen LogP contribution in [-0.2, 0) is 6.54 Å². The molecule has 0 amide bonds. The Morgan fingerprint density at radius 1 is 1.30 bits per heavy atom. The van der Waals surface area contributed by atoms with Gasteiger partial charge in [0.25, 0.3) is 0 Å². The first-order valence-electron chi connectivity index (χ1n) is 7.02. The molecule has 1 N–H and O–H groups in total. The molecule has 2 nitrogen and oxygen atoms in total. The van der Waals surface area contributed by atoms with Crippen LogP contribution in [0.1, 0.15) is 31.2 Å². The Labute approximate surface area is 134 Å². The normalized spacial score (nSPS) is 28.5. The molecule has 2 aliphatic heterocycles. The fourth-order valence-electron chi connectivity index (χ4n) is 3.45. The highest BCUT2D eigenvalue weighted by Gasteiger charge is 2.35. The molecule has 0 saturated carbocycles. The molecule has 3 rings (SSSR count). The summed E-state index contributed by atoms with van der Waals surface area (Å²) in [6, 6.07) is 6.94. The van der Waals surface area contributed by atoms with Crippen LogP contribution in [0.2, 0.25) is 0 Å². The molecule has 2 fully saturated rings. The second-order valence-corrected chi connectivity index (χ2v) is 6.77. The summed E-state index contributed by atoms with van der Waals surface area (Å²) >= 11 is 3.51. The number of nitrogens with one attached hydrogen (secondary N) is 1. The minimum Gasteiger partial charge on any atom is -0.311 e. The van der Waals surface area contributed by atoms with Gasteiger partial charge in [0.1, 0.15) is 5.82 Å². The quantitative estimate of drug-likeness (QED) is 0.880. The van der Waals surface area contributed by atoms with Crippen LogP contribution in [-0.4, -0.2) is 30.1 Å². The average molecular weight is 364 g/mol. The Morgan fingerprint density at radius 2 is 1.95 bits per heavy atom. The molecule has 20 heavy (non-hydrogen) atoms. The maximum Gasteiger partial charge on any atom is 0.123 e. The van der Waals surface area contributed by atoms with Crippen LogP contribution in [0.5, 0.6) is 0 Å². The van der Waals surface area contributed by atoms with Crippen molar-refractivity contribution in [2.24, 2.45) is 0 Å². The molecule has 2 atom stereocenters. The number of piperidine rings is 1. The third-order valence-electron chi connectivity index (χ3n) is 4.50. The first-order valence-corrected chi connectivity index (χ1v) is 7.81. The van der Waals surface area contributed by atoms with Crippen LogP contribution in [0.25, 0.3) is 0 Å². The van der Waals surface area contributed by atoms with E-state index in [4.69, 9.17) is 0 Å². The largest absolute Gasteiger partial charge is 0.311 e. The van der Waals surface area contributed by atoms with Gasteiger partial charge in [0.05, 0.1) is 0 Å². The number of rotatable bonds is 3. The topological polar surface area (TPSA) is 15.3 Å². The van der Waals surface area contributed by atoms with E-state index < -0.39 is 0 Å². The lowest BCUT2D eigenvalue weighted by molar-refractivity contribution is 0.165. The number of hydrogen-bond donors (Lipinski definition) is 1. The highest BCUT2D eigenvalue weighted by Crippen LogP contribution is 2.30. The Balaban J connectivity index is 0.00000147.